The predicted octanol–water partition coefficient (Wildman–Crippen LogP) is 13.4. The molecule has 6 unspecified atom stereocenters. The van der Waals surface area contributed by atoms with Gasteiger partial charge in [-0.1, -0.05) is 196 Å². The lowest BCUT2D eigenvalue weighted by atomic mass is 9.99. The summed E-state index contributed by atoms with van der Waals surface area (Å²) in [7, 11) is -5.07. The van der Waals surface area contributed by atoms with E-state index in [1.54, 1.807) is 0 Å². The third-order valence-corrected chi connectivity index (χ3v) is 12.8. The normalized spacial score (nSPS) is 19.7. The minimum atomic E-state index is -5.07. The van der Waals surface area contributed by atoms with Crippen molar-refractivity contribution in [2.75, 3.05) is 26.4 Å². The fourth-order valence-corrected chi connectivity index (χ4v) is 8.61. The Bertz CT molecular complexity index is 1490. The largest absolute Gasteiger partial charge is 0.457 e. The summed E-state index contributed by atoms with van der Waals surface area (Å²) in [6.07, 6.45) is 53.5. The highest BCUT2D eigenvalue weighted by Crippen LogP contribution is 2.26. The van der Waals surface area contributed by atoms with E-state index in [-0.39, 0.29) is 19.6 Å². The molecule has 0 aromatic carbocycles. The van der Waals surface area contributed by atoms with Crippen LogP contribution in [0.15, 0.2) is 72.9 Å². The zero-order valence-electron chi connectivity index (χ0n) is 43.8. The number of allylic oxidation sites excluding steroid dienone is 12. The molecular weight excluding hydrogens is 909 g/mol. The lowest BCUT2D eigenvalue weighted by molar-refractivity contribution is -0.301. The molecule has 1 aliphatic rings. The average molecular weight is 1010 g/mol. The van der Waals surface area contributed by atoms with Crippen LogP contribution in [0.25, 0.3) is 0 Å². The van der Waals surface area contributed by atoms with Gasteiger partial charge in [0, 0.05) is 13.0 Å². The molecule has 1 saturated heterocycles. The van der Waals surface area contributed by atoms with E-state index in [0.29, 0.717) is 13.0 Å². The van der Waals surface area contributed by atoms with Crippen LogP contribution in [0, 0.1) is 0 Å². The van der Waals surface area contributed by atoms with Crippen LogP contribution in [-0.4, -0.2) is 97.5 Å². The Hall–Kier alpha value is -2.46. The number of aliphatic hydroxyl groups is 3. The van der Waals surface area contributed by atoms with Gasteiger partial charge in [-0.3, -0.25) is 9.35 Å². The number of ether oxygens (including phenoxy) is 4. The second-order valence-corrected chi connectivity index (χ2v) is 19.9. The van der Waals surface area contributed by atoms with E-state index in [9.17, 15) is 33.1 Å². The van der Waals surface area contributed by atoms with Gasteiger partial charge in [-0.05, 0) is 89.9 Å². The van der Waals surface area contributed by atoms with Crippen molar-refractivity contribution >= 4 is 16.4 Å². The van der Waals surface area contributed by atoms with Gasteiger partial charge in [0.05, 0.1) is 19.8 Å². The van der Waals surface area contributed by atoms with E-state index >= 15 is 0 Å². The summed E-state index contributed by atoms with van der Waals surface area (Å²) in [5.74, 6) is -0.411. The highest BCUT2D eigenvalue weighted by atomic mass is 32.3. The van der Waals surface area contributed by atoms with E-state index < -0.39 is 59.8 Å². The number of hydrogen-bond acceptors (Lipinski definition) is 11. The zero-order chi connectivity index (χ0) is 51.0. The van der Waals surface area contributed by atoms with E-state index in [1.807, 2.05) is 0 Å². The van der Waals surface area contributed by atoms with Crippen molar-refractivity contribution in [2.24, 2.45) is 0 Å². The third-order valence-electron chi connectivity index (χ3n) is 12.3. The van der Waals surface area contributed by atoms with E-state index in [1.165, 1.54) is 109 Å². The Morgan fingerprint density at radius 3 is 1.40 bits per heavy atom. The van der Waals surface area contributed by atoms with Crippen molar-refractivity contribution in [2.45, 2.75) is 256 Å². The number of rotatable bonds is 48. The predicted molar refractivity (Wildman–Crippen MR) is 285 cm³/mol. The van der Waals surface area contributed by atoms with Crippen molar-refractivity contribution in [3.05, 3.63) is 72.9 Å². The maximum atomic E-state index is 12.9. The summed E-state index contributed by atoms with van der Waals surface area (Å²) in [5, 5.41) is 30.8. The topological polar surface area (TPSA) is 178 Å². The Balaban J connectivity index is 2.35. The molecule has 0 spiro atoms. The van der Waals surface area contributed by atoms with Gasteiger partial charge >= 0.3 is 16.4 Å². The zero-order valence-corrected chi connectivity index (χ0v) is 44.6. The molecule has 4 N–H and O–H groups in total. The number of carbonyl (C=O) groups excluding carboxylic acids is 1. The van der Waals surface area contributed by atoms with Crippen LogP contribution in [0.1, 0.15) is 219 Å². The second-order valence-electron chi connectivity index (χ2n) is 18.8. The first-order valence-electron chi connectivity index (χ1n) is 27.7. The first-order chi connectivity index (χ1) is 34.1. The molecule has 12 nitrogen and oxygen atoms in total. The highest BCUT2D eigenvalue weighted by Gasteiger charge is 2.48. The first-order valence-corrected chi connectivity index (χ1v) is 29.1. The minimum Gasteiger partial charge on any atom is -0.457 e. The van der Waals surface area contributed by atoms with Crippen LogP contribution in [0.4, 0.5) is 0 Å². The Morgan fingerprint density at radius 2 is 0.943 bits per heavy atom. The quantitative estimate of drug-likeness (QED) is 0.0197. The van der Waals surface area contributed by atoms with Crippen molar-refractivity contribution in [3.63, 3.8) is 0 Å². The van der Waals surface area contributed by atoms with E-state index in [0.717, 1.165) is 83.5 Å². The molecule has 0 radical (unpaired) electrons. The second kappa shape index (κ2) is 47.5. The van der Waals surface area contributed by atoms with Gasteiger partial charge in [-0.25, -0.2) is 4.18 Å². The first kappa shape index (κ1) is 65.6. The van der Waals surface area contributed by atoms with Gasteiger partial charge in [-0.15, -0.1) is 0 Å². The summed E-state index contributed by atoms with van der Waals surface area (Å²) >= 11 is 0. The van der Waals surface area contributed by atoms with Crippen molar-refractivity contribution in [1.29, 1.82) is 0 Å². The number of aliphatic hydroxyl groups excluding tert-OH is 3. The molecule has 0 amide bonds. The molecule has 6 atom stereocenters. The summed E-state index contributed by atoms with van der Waals surface area (Å²) in [5.41, 5.74) is 0. The number of unbranched alkanes of at least 4 members (excludes halogenated alkanes) is 23. The molecule has 1 rings (SSSR count). The summed E-state index contributed by atoms with van der Waals surface area (Å²) in [6, 6.07) is 0. The van der Waals surface area contributed by atoms with Gasteiger partial charge in [0.2, 0.25) is 0 Å². The smallest absolute Gasteiger partial charge is 0.397 e. The number of carbonyl (C=O) groups is 1. The summed E-state index contributed by atoms with van der Waals surface area (Å²) in [6.45, 7) is 3.93. The molecule has 1 heterocycles. The molecule has 1 fully saturated rings. The van der Waals surface area contributed by atoms with Crippen molar-refractivity contribution in [3.8, 4) is 0 Å². The average Bonchev–Trinajstić information content (AvgIpc) is 3.34. The number of hydrogen-bond donors (Lipinski definition) is 4. The standard InChI is InChI=1S/C57H100O12S/c1-3-5-7-9-11-13-15-17-19-21-23-25-26-27-28-30-32-34-36-38-40-42-44-46-53(59)67-51(50-66-57-55(61)56(69-70(62,63)64)54(60)52(48-58)68-57)49-65-47-45-43-41-39-37-35-33-31-29-24-22-20-18-16-14-12-10-8-6-4-2/h12,14-15,17-18,20-21,23-24,26-27,29,51-52,54-58,60-61H,3-11,13,16,19,22,25,28,30-50H2,1-2H3,(H,62,63,64)/b14-12-,17-15-,20-18-,23-21-,27-26-,29-24-. The molecule has 13 heteroatoms. The van der Waals surface area contributed by atoms with Crippen LogP contribution < -0.4 is 0 Å². The van der Waals surface area contributed by atoms with Crippen LogP contribution in [0.5, 0.6) is 0 Å². The van der Waals surface area contributed by atoms with Crippen LogP contribution >= 0.6 is 0 Å². The van der Waals surface area contributed by atoms with Gasteiger partial charge < -0.3 is 34.3 Å². The fourth-order valence-electron chi connectivity index (χ4n) is 8.10. The molecule has 0 aromatic rings. The minimum absolute atomic E-state index is 0.0229. The van der Waals surface area contributed by atoms with E-state index in [2.05, 4.69) is 90.9 Å². The highest BCUT2D eigenvalue weighted by molar-refractivity contribution is 7.80. The lowest BCUT2D eigenvalue weighted by Gasteiger charge is -2.41. The van der Waals surface area contributed by atoms with Crippen LogP contribution in [-0.2, 0) is 38.3 Å². The van der Waals surface area contributed by atoms with Gasteiger partial charge in [0.25, 0.3) is 0 Å². The Kier molecular flexibility index (Phi) is 44.5. The molecule has 0 aromatic heterocycles. The lowest BCUT2D eigenvalue weighted by Crippen LogP contribution is -2.60. The van der Waals surface area contributed by atoms with Gasteiger partial charge in [-0.2, -0.15) is 8.42 Å². The molecular formula is C57H100O12S. The van der Waals surface area contributed by atoms with E-state index in [4.69, 9.17) is 18.9 Å². The molecule has 406 valence electrons. The Morgan fingerprint density at radius 1 is 0.543 bits per heavy atom. The Labute approximate surface area is 426 Å². The third kappa shape index (κ3) is 40.1. The number of esters is 1. The van der Waals surface area contributed by atoms with Crippen LogP contribution in [0.2, 0.25) is 0 Å². The maximum absolute atomic E-state index is 12.9. The summed E-state index contributed by atoms with van der Waals surface area (Å²) < 4.78 is 59.4. The SMILES string of the molecule is CCCCC/C=C\C/C=C\C/C=C\CCCCCCCCCOCC(COC1OC(CO)C(O)C(OS(=O)(=O)O)C1O)OC(=O)CCCCCCCCCC/C=C\C/C=C\C/C=C\CCCCCCC. The maximum Gasteiger partial charge on any atom is 0.397 e. The molecule has 0 bridgehead atoms. The molecule has 0 saturated carbocycles. The fraction of sp³-hybridized carbons (Fsp3) is 0.772. The molecule has 1 aliphatic heterocycles. The van der Waals surface area contributed by atoms with Gasteiger partial charge in [0.15, 0.2) is 6.29 Å². The van der Waals surface area contributed by atoms with Crippen molar-refractivity contribution < 1.29 is 56.2 Å². The monoisotopic (exact) mass is 1010 g/mol. The van der Waals surface area contributed by atoms with Crippen molar-refractivity contribution in [1.82, 2.24) is 0 Å². The van der Waals surface area contributed by atoms with Crippen LogP contribution in [0.3, 0.4) is 0 Å². The molecule has 0 aliphatic carbocycles. The molecule has 70 heavy (non-hydrogen) atoms. The summed E-state index contributed by atoms with van der Waals surface area (Å²) in [4.78, 5) is 12.9. The van der Waals surface area contributed by atoms with Gasteiger partial charge in [0.1, 0.15) is 30.5 Å².